The van der Waals surface area contributed by atoms with Crippen molar-refractivity contribution < 1.29 is 4.79 Å². The second-order valence-corrected chi connectivity index (χ2v) is 11.9. The molecular weight excluding hydrogens is 408 g/mol. The molecule has 5 rings (SSSR count). The smallest absolute Gasteiger partial charge is 0.163 e. The predicted molar refractivity (Wildman–Crippen MR) is 126 cm³/mol. The molecule has 1 heterocycles. The Balaban J connectivity index is 1.42. The van der Waals surface area contributed by atoms with Crippen molar-refractivity contribution in [3.63, 3.8) is 0 Å². The largest absolute Gasteiger partial charge is 0.297 e. The maximum absolute atomic E-state index is 13.8. The number of rotatable bonds is 6. The number of nitriles is 2. The van der Waals surface area contributed by atoms with Crippen LogP contribution in [0.3, 0.4) is 0 Å². The Labute approximate surface area is 198 Å². The molecule has 5 nitrogen and oxygen atoms in total. The lowest BCUT2D eigenvalue weighted by molar-refractivity contribution is -0.134. The average molecular weight is 447 g/mol. The molecule has 10 unspecified atom stereocenters. The molecule has 0 saturated heterocycles. The normalized spacial score (nSPS) is 43.0. The van der Waals surface area contributed by atoms with E-state index in [1.54, 1.807) is 0 Å². The van der Waals surface area contributed by atoms with Crippen LogP contribution < -0.4 is 0 Å². The standard InChI is InChI=1S/C28H38N4O/c1-5-7-20-17(6-2)8-9-22-21(20)10-11-28(4)26(22)24-16(3)25(24)27(28)23(33)15-32-19(14-30)12-18(13-29)31-32/h12,16-17,20-22,24-27H,5-11,15H2,1-4H3. The Morgan fingerprint density at radius 1 is 1.18 bits per heavy atom. The van der Waals surface area contributed by atoms with Gasteiger partial charge in [-0.2, -0.15) is 15.6 Å². The third-order valence-corrected chi connectivity index (χ3v) is 10.7. The highest BCUT2D eigenvalue weighted by molar-refractivity contribution is 5.83. The molecule has 0 bridgehead atoms. The van der Waals surface area contributed by atoms with Crippen LogP contribution in [0, 0.1) is 81.3 Å². The van der Waals surface area contributed by atoms with Crippen molar-refractivity contribution >= 4 is 5.78 Å². The Morgan fingerprint density at radius 3 is 2.64 bits per heavy atom. The molecule has 33 heavy (non-hydrogen) atoms. The Bertz CT molecular complexity index is 1010. The molecule has 4 aliphatic carbocycles. The quantitative estimate of drug-likeness (QED) is 0.570. The van der Waals surface area contributed by atoms with Gasteiger partial charge >= 0.3 is 0 Å². The van der Waals surface area contributed by atoms with Crippen LogP contribution in [0.4, 0.5) is 0 Å². The zero-order valence-electron chi connectivity index (χ0n) is 20.6. The van der Waals surface area contributed by atoms with Gasteiger partial charge in [-0.3, -0.25) is 4.79 Å². The minimum atomic E-state index is 0.0678. The summed E-state index contributed by atoms with van der Waals surface area (Å²) in [5, 5.41) is 22.9. The SMILES string of the molecule is CCCC1C(CC)CCC2C1CCC1(C)C(C(=O)Cn3nc(C#N)cc3C#N)C3C(C)C3C21. The van der Waals surface area contributed by atoms with Gasteiger partial charge in [-0.25, -0.2) is 4.68 Å². The topological polar surface area (TPSA) is 82.5 Å². The minimum absolute atomic E-state index is 0.0678. The number of hydrogen-bond acceptors (Lipinski definition) is 4. The zero-order valence-corrected chi connectivity index (χ0v) is 20.6. The predicted octanol–water partition coefficient (Wildman–Crippen LogP) is 5.59. The molecule has 4 aliphatic rings. The van der Waals surface area contributed by atoms with Gasteiger partial charge in [0.1, 0.15) is 24.4 Å². The van der Waals surface area contributed by atoms with Crippen molar-refractivity contribution in [1.29, 1.82) is 10.5 Å². The molecule has 1 aromatic rings. The van der Waals surface area contributed by atoms with Crippen molar-refractivity contribution in [2.75, 3.05) is 0 Å². The van der Waals surface area contributed by atoms with Crippen LogP contribution in [0.5, 0.6) is 0 Å². The highest BCUT2D eigenvalue weighted by Crippen LogP contribution is 2.76. The summed E-state index contributed by atoms with van der Waals surface area (Å²) in [6.45, 7) is 9.63. The van der Waals surface area contributed by atoms with E-state index in [0.29, 0.717) is 29.4 Å². The third-order valence-electron chi connectivity index (χ3n) is 10.7. The Hall–Kier alpha value is -2.14. The molecule has 4 fully saturated rings. The molecule has 10 atom stereocenters. The summed E-state index contributed by atoms with van der Waals surface area (Å²) >= 11 is 0. The number of Topliss-reactive ketones (excluding diaryl/α,β-unsaturated/α-hetero) is 1. The Morgan fingerprint density at radius 2 is 1.97 bits per heavy atom. The van der Waals surface area contributed by atoms with E-state index in [2.05, 4.69) is 38.9 Å². The molecule has 1 aromatic heterocycles. The first-order chi connectivity index (χ1) is 15.9. The molecule has 0 N–H and O–H groups in total. The summed E-state index contributed by atoms with van der Waals surface area (Å²) in [4.78, 5) is 13.8. The number of fused-ring (bicyclic) bond motifs is 5. The van der Waals surface area contributed by atoms with Crippen LogP contribution in [0.15, 0.2) is 6.07 Å². The van der Waals surface area contributed by atoms with E-state index in [0.717, 1.165) is 23.7 Å². The fraction of sp³-hybridized carbons (Fsp3) is 0.786. The second kappa shape index (κ2) is 8.26. The van der Waals surface area contributed by atoms with Crippen molar-refractivity contribution in [3.8, 4) is 12.1 Å². The van der Waals surface area contributed by atoms with Gasteiger partial charge in [-0.1, -0.05) is 47.0 Å². The first kappa shape index (κ1) is 22.6. The van der Waals surface area contributed by atoms with Gasteiger partial charge in [-0.15, -0.1) is 0 Å². The van der Waals surface area contributed by atoms with E-state index in [-0.39, 0.29) is 29.4 Å². The van der Waals surface area contributed by atoms with Crippen LogP contribution in [0.2, 0.25) is 0 Å². The van der Waals surface area contributed by atoms with Crippen molar-refractivity contribution in [1.82, 2.24) is 9.78 Å². The Kier molecular flexibility index (Phi) is 5.67. The lowest BCUT2D eigenvalue weighted by Crippen LogP contribution is -2.50. The zero-order chi connectivity index (χ0) is 23.5. The fourth-order valence-corrected chi connectivity index (χ4v) is 9.46. The van der Waals surface area contributed by atoms with E-state index < -0.39 is 0 Å². The van der Waals surface area contributed by atoms with Gasteiger partial charge in [-0.05, 0) is 78.4 Å². The van der Waals surface area contributed by atoms with Crippen LogP contribution in [0.1, 0.15) is 84.0 Å². The van der Waals surface area contributed by atoms with Gasteiger partial charge in [0.05, 0.1) is 0 Å². The van der Waals surface area contributed by atoms with Crippen LogP contribution in [-0.4, -0.2) is 15.6 Å². The van der Waals surface area contributed by atoms with Gasteiger partial charge < -0.3 is 0 Å². The van der Waals surface area contributed by atoms with Crippen LogP contribution in [-0.2, 0) is 11.3 Å². The maximum Gasteiger partial charge on any atom is 0.163 e. The van der Waals surface area contributed by atoms with E-state index >= 15 is 0 Å². The number of carbonyl (C=O) groups excluding carboxylic acids is 1. The summed E-state index contributed by atoms with van der Waals surface area (Å²) in [5.74, 6) is 6.18. The number of carbonyl (C=O) groups is 1. The lowest BCUT2D eigenvalue weighted by atomic mass is 9.49. The van der Waals surface area contributed by atoms with Gasteiger partial charge in [0.2, 0.25) is 0 Å². The average Bonchev–Trinajstić information content (AvgIpc) is 3.16. The molecule has 0 amide bonds. The minimum Gasteiger partial charge on any atom is -0.297 e. The van der Waals surface area contributed by atoms with Crippen LogP contribution >= 0.6 is 0 Å². The van der Waals surface area contributed by atoms with Gasteiger partial charge in [0, 0.05) is 12.0 Å². The van der Waals surface area contributed by atoms with E-state index in [9.17, 15) is 15.3 Å². The first-order valence-corrected chi connectivity index (χ1v) is 13.3. The summed E-state index contributed by atoms with van der Waals surface area (Å²) in [7, 11) is 0. The highest BCUT2D eigenvalue weighted by Gasteiger charge is 2.73. The summed E-state index contributed by atoms with van der Waals surface area (Å²) < 4.78 is 1.47. The number of nitrogens with zero attached hydrogens (tertiary/aromatic N) is 4. The molecule has 0 radical (unpaired) electrons. The molecule has 0 aliphatic heterocycles. The summed E-state index contributed by atoms with van der Waals surface area (Å²) in [5.41, 5.74) is 0.597. The van der Waals surface area contributed by atoms with Crippen molar-refractivity contribution in [2.24, 2.45) is 58.7 Å². The van der Waals surface area contributed by atoms with E-state index in [4.69, 9.17) is 0 Å². The molecule has 5 heteroatoms. The first-order valence-electron chi connectivity index (χ1n) is 13.3. The summed E-state index contributed by atoms with van der Waals surface area (Å²) in [6.07, 6.45) is 9.13. The number of aromatic nitrogens is 2. The molecule has 0 spiro atoms. The molecular formula is C28H38N4O. The molecule has 4 saturated carbocycles. The number of ketones is 1. The van der Waals surface area contributed by atoms with Crippen LogP contribution in [0.25, 0.3) is 0 Å². The molecule has 0 aromatic carbocycles. The second-order valence-electron chi connectivity index (χ2n) is 11.9. The van der Waals surface area contributed by atoms with E-state index in [1.807, 2.05) is 6.07 Å². The highest BCUT2D eigenvalue weighted by atomic mass is 16.1. The van der Waals surface area contributed by atoms with Gasteiger partial charge in [0.15, 0.2) is 11.5 Å². The van der Waals surface area contributed by atoms with Crippen molar-refractivity contribution in [3.05, 3.63) is 17.5 Å². The summed E-state index contributed by atoms with van der Waals surface area (Å²) in [6, 6.07) is 5.59. The molecule has 176 valence electrons. The number of hydrogen-bond donors (Lipinski definition) is 0. The fourth-order valence-electron chi connectivity index (χ4n) is 9.46. The maximum atomic E-state index is 13.8. The monoisotopic (exact) mass is 446 g/mol. The van der Waals surface area contributed by atoms with Gasteiger partial charge in [0.25, 0.3) is 0 Å². The lowest BCUT2D eigenvalue weighted by Gasteiger charge is -2.56. The third kappa shape index (κ3) is 3.30. The van der Waals surface area contributed by atoms with Crippen molar-refractivity contribution in [2.45, 2.75) is 79.2 Å². The van der Waals surface area contributed by atoms with E-state index in [1.165, 1.54) is 55.7 Å².